The first-order valence-corrected chi connectivity index (χ1v) is 12.9. The van der Waals surface area contributed by atoms with Crippen LogP contribution in [0.4, 0.5) is 5.69 Å². The van der Waals surface area contributed by atoms with Gasteiger partial charge in [-0.25, -0.2) is 13.2 Å². The van der Waals surface area contributed by atoms with E-state index < -0.39 is 16.0 Å². The average molecular weight is 498 g/mol. The van der Waals surface area contributed by atoms with E-state index in [-0.39, 0.29) is 10.5 Å². The predicted octanol–water partition coefficient (Wildman–Crippen LogP) is 5.18. The Bertz CT molecular complexity index is 1250. The number of anilines is 1. The molecule has 0 aliphatic carbocycles. The molecule has 0 aliphatic rings. The van der Waals surface area contributed by atoms with Crippen molar-refractivity contribution in [2.45, 2.75) is 37.5 Å². The lowest BCUT2D eigenvalue weighted by Gasteiger charge is -2.27. The number of hydrogen-bond acceptors (Lipinski definition) is 5. The molecule has 0 bridgehead atoms. The summed E-state index contributed by atoms with van der Waals surface area (Å²) >= 11 is 0. The molecule has 3 aromatic rings. The van der Waals surface area contributed by atoms with Gasteiger partial charge in [-0.3, -0.25) is 4.31 Å². The van der Waals surface area contributed by atoms with Gasteiger partial charge in [0.05, 0.1) is 30.4 Å². The molecule has 35 heavy (non-hydrogen) atoms. The first-order chi connectivity index (χ1) is 16.8. The SMILES string of the molecule is CCCCN(c1ccccc1CCc1ccc(C(=O)O)cc1)S(=O)(=O)c1ccc(OC)c(OC)c1. The zero-order chi connectivity index (χ0) is 25.4. The molecule has 0 saturated carbocycles. The van der Waals surface area contributed by atoms with Crippen LogP contribution in [-0.4, -0.2) is 40.3 Å². The zero-order valence-corrected chi connectivity index (χ0v) is 21.0. The van der Waals surface area contributed by atoms with Crippen molar-refractivity contribution < 1.29 is 27.8 Å². The lowest BCUT2D eigenvalue weighted by Crippen LogP contribution is -2.33. The number of para-hydroxylation sites is 1. The number of benzene rings is 3. The lowest BCUT2D eigenvalue weighted by molar-refractivity contribution is 0.0697. The molecule has 3 aromatic carbocycles. The van der Waals surface area contributed by atoms with Gasteiger partial charge in [-0.2, -0.15) is 0 Å². The summed E-state index contributed by atoms with van der Waals surface area (Å²) in [6.07, 6.45) is 2.80. The Hall–Kier alpha value is -3.52. The van der Waals surface area contributed by atoms with Crippen LogP contribution in [0.5, 0.6) is 11.5 Å². The molecule has 0 atom stereocenters. The monoisotopic (exact) mass is 497 g/mol. The van der Waals surface area contributed by atoms with Crippen LogP contribution in [-0.2, 0) is 22.9 Å². The molecular formula is C27H31NO6S. The Morgan fingerprint density at radius 1 is 0.914 bits per heavy atom. The number of ether oxygens (including phenoxy) is 2. The summed E-state index contributed by atoms with van der Waals surface area (Å²) in [5.41, 5.74) is 2.75. The minimum Gasteiger partial charge on any atom is -0.493 e. The van der Waals surface area contributed by atoms with Crippen molar-refractivity contribution >= 4 is 21.7 Å². The maximum Gasteiger partial charge on any atom is 0.335 e. The van der Waals surface area contributed by atoms with Crippen molar-refractivity contribution in [3.8, 4) is 11.5 Å². The van der Waals surface area contributed by atoms with Crippen LogP contribution >= 0.6 is 0 Å². The molecule has 0 spiro atoms. The minimum atomic E-state index is -3.87. The highest BCUT2D eigenvalue weighted by Gasteiger charge is 2.27. The maximum absolute atomic E-state index is 13.8. The lowest BCUT2D eigenvalue weighted by atomic mass is 10.0. The van der Waals surface area contributed by atoms with Crippen LogP contribution in [0.1, 0.15) is 41.3 Å². The number of aromatic carboxylic acids is 1. The number of sulfonamides is 1. The van der Waals surface area contributed by atoms with Crippen LogP contribution in [0.3, 0.4) is 0 Å². The van der Waals surface area contributed by atoms with Crippen LogP contribution in [0, 0.1) is 0 Å². The third kappa shape index (κ3) is 6.14. The number of nitrogens with zero attached hydrogens (tertiary/aromatic N) is 1. The van der Waals surface area contributed by atoms with Crippen LogP contribution in [0.15, 0.2) is 71.6 Å². The molecule has 8 heteroatoms. The van der Waals surface area contributed by atoms with Gasteiger partial charge in [0, 0.05) is 12.6 Å². The Balaban J connectivity index is 1.95. The van der Waals surface area contributed by atoms with Gasteiger partial charge in [0.15, 0.2) is 11.5 Å². The van der Waals surface area contributed by atoms with E-state index in [4.69, 9.17) is 14.6 Å². The number of hydrogen-bond donors (Lipinski definition) is 1. The molecule has 0 unspecified atom stereocenters. The fourth-order valence-electron chi connectivity index (χ4n) is 3.83. The molecule has 186 valence electrons. The first-order valence-electron chi connectivity index (χ1n) is 11.5. The Morgan fingerprint density at radius 3 is 2.23 bits per heavy atom. The van der Waals surface area contributed by atoms with E-state index in [1.54, 1.807) is 30.3 Å². The fraction of sp³-hybridized carbons (Fsp3) is 0.296. The van der Waals surface area contributed by atoms with E-state index >= 15 is 0 Å². The van der Waals surface area contributed by atoms with Gasteiger partial charge in [0.2, 0.25) is 0 Å². The van der Waals surface area contributed by atoms with Crippen molar-refractivity contribution in [3.63, 3.8) is 0 Å². The quantitative estimate of drug-likeness (QED) is 0.371. The second-order valence-corrected chi connectivity index (χ2v) is 9.94. The molecular weight excluding hydrogens is 466 g/mol. The number of aryl methyl sites for hydroxylation is 2. The van der Waals surface area contributed by atoms with Crippen molar-refractivity contribution in [1.29, 1.82) is 0 Å². The molecule has 0 fully saturated rings. The van der Waals surface area contributed by atoms with Gasteiger partial charge in [-0.15, -0.1) is 0 Å². The third-order valence-electron chi connectivity index (χ3n) is 5.80. The van der Waals surface area contributed by atoms with Crippen molar-refractivity contribution in [2.24, 2.45) is 0 Å². The molecule has 0 amide bonds. The highest BCUT2D eigenvalue weighted by molar-refractivity contribution is 7.92. The average Bonchev–Trinajstić information content (AvgIpc) is 2.87. The molecule has 7 nitrogen and oxygen atoms in total. The van der Waals surface area contributed by atoms with Crippen LogP contribution in [0.25, 0.3) is 0 Å². The van der Waals surface area contributed by atoms with Crippen molar-refractivity contribution in [3.05, 3.63) is 83.4 Å². The summed E-state index contributed by atoms with van der Waals surface area (Å²) in [5.74, 6) is -0.156. The normalized spacial score (nSPS) is 11.2. The largest absolute Gasteiger partial charge is 0.493 e. The number of unbranched alkanes of at least 4 members (excludes halogenated alkanes) is 1. The van der Waals surface area contributed by atoms with Crippen molar-refractivity contribution in [2.75, 3.05) is 25.1 Å². The Kier molecular flexibility index (Phi) is 8.76. The maximum atomic E-state index is 13.8. The molecule has 0 aliphatic heterocycles. The molecule has 0 aromatic heterocycles. The molecule has 1 N–H and O–H groups in total. The summed E-state index contributed by atoms with van der Waals surface area (Å²) in [4.78, 5) is 11.2. The number of carbonyl (C=O) groups is 1. The van der Waals surface area contributed by atoms with Gasteiger partial charge in [-0.1, -0.05) is 43.7 Å². The Labute approximate surface area is 207 Å². The number of carboxylic acids is 1. The number of carboxylic acid groups (broad SMARTS) is 1. The highest BCUT2D eigenvalue weighted by atomic mass is 32.2. The van der Waals surface area contributed by atoms with E-state index in [1.165, 1.54) is 30.7 Å². The first kappa shape index (κ1) is 26.1. The van der Waals surface area contributed by atoms with E-state index in [9.17, 15) is 13.2 Å². The van der Waals surface area contributed by atoms with E-state index in [2.05, 4.69) is 0 Å². The molecule has 3 rings (SSSR count). The minimum absolute atomic E-state index is 0.130. The third-order valence-corrected chi connectivity index (χ3v) is 7.61. The second-order valence-electron chi connectivity index (χ2n) is 8.08. The van der Waals surface area contributed by atoms with E-state index in [1.807, 2.05) is 31.2 Å². The number of rotatable bonds is 12. The Morgan fingerprint density at radius 2 is 1.60 bits per heavy atom. The smallest absolute Gasteiger partial charge is 0.335 e. The summed E-state index contributed by atoms with van der Waals surface area (Å²) in [7, 11) is -0.893. The van der Waals surface area contributed by atoms with Gasteiger partial charge in [-0.05, 0) is 60.7 Å². The molecule has 0 saturated heterocycles. The molecule has 0 heterocycles. The molecule has 0 radical (unpaired) electrons. The second kappa shape index (κ2) is 11.8. The van der Waals surface area contributed by atoms with Crippen molar-refractivity contribution in [1.82, 2.24) is 0 Å². The standard InChI is InChI=1S/C27H31NO6S/c1-4-5-18-28(35(31,32)23-16-17-25(33-2)26(19-23)34-3)24-9-7-6-8-21(24)13-10-20-11-14-22(15-12-20)27(29)30/h6-9,11-12,14-17,19H,4-5,10,13,18H2,1-3H3,(H,29,30). The van der Waals surface area contributed by atoms with Crippen LogP contribution < -0.4 is 13.8 Å². The predicted molar refractivity (Wildman–Crippen MR) is 136 cm³/mol. The van der Waals surface area contributed by atoms with Gasteiger partial charge in [0.25, 0.3) is 10.0 Å². The summed E-state index contributed by atoms with van der Waals surface area (Å²) in [6.45, 7) is 2.37. The topological polar surface area (TPSA) is 93.1 Å². The van der Waals surface area contributed by atoms with Gasteiger partial charge >= 0.3 is 5.97 Å². The number of methoxy groups -OCH3 is 2. The van der Waals surface area contributed by atoms with Crippen LogP contribution in [0.2, 0.25) is 0 Å². The summed E-state index contributed by atoms with van der Waals surface area (Å²) in [5, 5.41) is 9.11. The summed E-state index contributed by atoms with van der Waals surface area (Å²) in [6, 6.07) is 18.9. The fourth-order valence-corrected chi connectivity index (χ4v) is 5.39. The van der Waals surface area contributed by atoms with E-state index in [0.29, 0.717) is 43.0 Å². The highest BCUT2D eigenvalue weighted by Crippen LogP contribution is 2.33. The summed E-state index contributed by atoms with van der Waals surface area (Å²) < 4.78 is 39.7. The van der Waals surface area contributed by atoms with E-state index in [0.717, 1.165) is 17.5 Å². The van der Waals surface area contributed by atoms with Gasteiger partial charge < -0.3 is 14.6 Å². The van der Waals surface area contributed by atoms with Gasteiger partial charge in [0.1, 0.15) is 0 Å². The zero-order valence-electron chi connectivity index (χ0n) is 20.2.